The first-order chi connectivity index (χ1) is 12.0. The van der Waals surface area contributed by atoms with E-state index in [1.165, 1.54) is 21.1 Å². The lowest BCUT2D eigenvalue weighted by molar-refractivity contribution is -0.152. The number of amides is 2. The number of hydrogen-bond acceptors (Lipinski definition) is 6. The van der Waals surface area contributed by atoms with E-state index in [0.717, 1.165) is 17.1 Å². The fourth-order valence-electron chi connectivity index (χ4n) is 2.78. The highest BCUT2D eigenvalue weighted by Crippen LogP contribution is 2.17. The number of aromatic nitrogens is 3. The smallest absolute Gasteiger partial charge is 0.312 e. The summed E-state index contributed by atoms with van der Waals surface area (Å²) < 4.78 is 2.01. The van der Waals surface area contributed by atoms with Crippen LogP contribution in [0.5, 0.6) is 0 Å². The van der Waals surface area contributed by atoms with E-state index < -0.39 is 11.8 Å². The molecule has 2 amide bonds. The third kappa shape index (κ3) is 3.39. The summed E-state index contributed by atoms with van der Waals surface area (Å²) in [5.74, 6) is 0.516. The van der Waals surface area contributed by atoms with Crippen molar-refractivity contribution in [3.63, 3.8) is 0 Å². The summed E-state index contributed by atoms with van der Waals surface area (Å²) in [7, 11) is 1.59. The summed E-state index contributed by atoms with van der Waals surface area (Å²) >= 11 is 1.40. The number of fused-ring (bicyclic) bond motifs is 1. The van der Waals surface area contributed by atoms with Crippen molar-refractivity contribution < 1.29 is 9.59 Å². The van der Waals surface area contributed by atoms with Crippen molar-refractivity contribution in [1.29, 1.82) is 5.26 Å². The molecule has 3 rings (SSSR count). The molecule has 2 aromatic rings. The molecule has 0 atom stereocenters. The Morgan fingerprint density at radius 3 is 2.88 bits per heavy atom. The van der Waals surface area contributed by atoms with Crippen LogP contribution in [0.1, 0.15) is 29.0 Å². The largest absolute Gasteiger partial charge is 0.332 e. The number of thiophene rings is 1. The van der Waals surface area contributed by atoms with Crippen molar-refractivity contribution in [2.45, 2.75) is 33.0 Å². The SMILES string of the molecule is CCc1nnc2n1CCN(C(=O)C(=O)N(C)Cc1cc(C#N)cs1)C2. The fraction of sp³-hybridized carbons (Fsp3) is 0.438. The summed E-state index contributed by atoms with van der Waals surface area (Å²) in [6, 6.07) is 3.79. The number of aryl methyl sites for hydroxylation is 1. The van der Waals surface area contributed by atoms with Gasteiger partial charge in [0.15, 0.2) is 5.82 Å². The molecule has 3 heterocycles. The van der Waals surface area contributed by atoms with Crippen molar-refractivity contribution in [2.24, 2.45) is 0 Å². The van der Waals surface area contributed by atoms with Gasteiger partial charge in [0.2, 0.25) is 0 Å². The highest BCUT2D eigenvalue weighted by Gasteiger charge is 2.30. The molecule has 130 valence electrons. The van der Waals surface area contributed by atoms with Gasteiger partial charge in [0, 0.05) is 36.8 Å². The summed E-state index contributed by atoms with van der Waals surface area (Å²) in [4.78, 5) is 28.7. The zero-order valence-electron chi connectivity index (χ0n) is 14.1. The summed E-state index contributed by atoms with van der Waals surface area (Å²) in [6.45, 7) is 3.68. The van der Waals surface area contributed by atoms with Crippen LogP contribution in [0.3, 0.4) is 0 Å². The Balaban J connectivity index is 1.64. The molecule has 0 radical (unpaired) electrons. The Bertz CT molecular complexity index is 849. The number of carbonyl (C=O) groups is 2. The molecule has 2 aromatic heterocycles. The third-order valence-electron chi connectivity index (χ3n) is 4.14. The van der Waals surface area contributed by atoms with Crippen LogP contribution < -0.4 is 0 Å². The molecule has 8 nitrogen and oxygen atoms in total. The quantitative estimate of drug-likeness (QED) is 0.756. The number of nitriles is 1. The van der Waals surface area contributed by atoms with E-state index in [9.17, 15) is 9.59 Å². The van der Waals surface area contributed by atoms with Crippen molar-refractivity contribution in [2.75, 3.05) is 13.6 Å². The normalized spacial score (nSPS) is 13.2. The van der Waals surface area contributed by atoms with Crippen LogP contribution in [-0.2, 0) is 35.6 Å². The van der Waals surface area contributed by atoms with Gasteiger partial charge in [0.25, 0.3) is 0 Å². The Kier molecular flexibility index (Phi) is 4.81. The van der Waals surface area contributed by atoms with Gasteiger partial charge in [-0.1, -0.05) is 6.92 Å². The summed E-state index contributed by atoms with van der Waals surface area (Å²) in [5.41, 5.74) is 0.564. The Morgan fingerprint density at radius 1 is 1.40 bits per heavy atom. The van der Waals surface area contributed by atoms with Crippen LogP contribution in [0.2, 0.25) is 0 Å². The van der Waals surface area contributed by atoms with E-state index in [1.807, 2.05) is 11.5 Å². The van der Waals surface area contributed by atoms with Crippen LogP contribution >= 0.6 is 11.3 Å². The Labute approximate surface area is 149 Å². The van der Waals surface area contributed by atoms with Crippen LogP contribution in [0.15, 0.2) is 11.4 Å². The first-order valence-corrected chi connectivity index (χ1v) is 8.84. The Morgan fingerprint density at radius 2 is 2.20 bits per heavy atom. The van der Waals surface area contributed by atoms with E-state index in [-0.39, 0.29) is 0 Å². The highest BCUT2D eigenvalue weighted by atomic mass is 32.1. The molecular weight excluding hydrogens is 340 g/mol. The molecule has 0 saturated carbocycles. The first kappa shape index (κ1) is 17.1. The molecule has 0 aliphatic carbocycles. The van der Waals surface area contributed by atoms with Crippen LogP contribution in [0.4, 0.5) is 0 Å². The van der Waals surface area contributed by atoms with Gasteiger partial charge >= 0.3 is 11.8 Å². The second kappa shape index (κ2) is 7.03. The van der Waals surface area contributed by atoms with Crippen LogP contribution in [0, 0.1) is 11.3 Å². The van der Waals surface area contributed by atoms with Crippen molar-refractivity contribution in [1.82, 2.24) is 24.6 Å². The lowest BCUT2D eigenvalue weighted by Gasteiger charge is -2.28. The first-order valence-electron chi connectivity index (χ1n) is 7.96. The zero-order chi connectivity index (χ0) is 18.0. The van der Waals surface area contributed by atoms with Crippen LogP contribution in [0.25, 0.3) is 0 Å². The molecular formula is C16H18N6O2S. The second-order valence-corrected chi connectivity index (χ2v) is 6.83. The van der Waals surface area contributed by atoms with E-state index in [4.69, 9.17) is 5.26 Å². The molecule has 0 saturated heterocycles. The maximum absolute atomic E-state index is 12.5. The molecule has 0 spiro atoms. The lowest BCUT2D eigenvalue weighted by atomic mass is 10.3. The standard InChI is InChI=1S/C16H18N6O2S/c1-3-13-18-19-14-9-21(4-5-22(13)14)16(24)15(23)20(2)8-12-6-11(7-17)10-25-12/h6,10H,3-5,8-9H2,1-2H3. The van der Waals surface area contributed by atoms with Crippen molar-refractivity contribution >= 4 is 23.2 Å². The zero-order valence-corrected chi connectivity index (χ0v) is 14.9. The highest BCUT2D eigenvalue weighted by molar-refractivity contribution is 7.10. The maximum atomic E-state index is 12.5. The predicted octanol–water partition coefficient (Wildman–Crippen LogP) is 0.774. The lowest BCUT2D eigenvalue weighted by Crippen LogP contribution is -2.46. The van der Waals surface area contributed by atoms with Crippen LogP contribution in [-0.4, -0.2) is 50.0 Å². The van der Waals surface area contributed by atoms with E-state index in [0.29, 0.717) is 37.6 Å². The van der Waals surface area contributed by atoms with Gasteiger partial charge in [-0.2, -0.15) is 5.26 Å². The topological polar surface area (TPSA) is 95.1 Å². The van der Waals surface area contributed by atoms with E-state index >= 15 is 0 Å². The van der Waals surface area contributed by atoms with Crippen molar-refractivity contribution in [3.8, 4) is 6.07 Å². The molecule has 1 aliphatic rings. The molecule has 0 unspecified atom stereocenters. The van der Waals surface area contributed by atoms with Gasteiger partial charge in [0.05, 0.1) is 18.7 Å². The number of carbonyl (C=O) groups excluding carboxylic acids is 2. The molecule has 25 heavy (non-hydrogen) atoms. The average molecular weight is 358 g/mol. The minimum atomic E-state index is -0.560. The number of likely N-dealkylation sites (N-methyl/N-ethyl adjacent to an activating group) is 1. The number of rotatable bonds is 3. The Hall–Kier alpha value is -2.73. The number of nitrogens with zero attached hydrogens (tertiary/aromatic N) is 6. The maximum Gasteiger partial charge on any atom is 0.312 e. The van der Waals surface area contributed by atoms with Gasteiger partial charge in [-0.3, -0.25) is 9.59 Å². The minimum Gasteiger partial charge on any atom is -0.332 e. The third-order valence-corrected chi connectivity index (χ3v) is 5.06. The molecule has 9 heteroatoms. The summed E-state index contributed by atoms with van der Waals surface area (Å²) in [6.07, 6.45) is 0.786. The number of hydrogen-bond donors (Lipinski definition) is 0. The second-order valence-electron chi connectivity index (χ2n) is 5.84. The van der Waals surface area contributed by atoms with Gasteiger partial charge < -0.3 is 14.4 Å². The monoisotopic (exact) mass is 358 g/mol. The van der Waals surface area contributed by atoms with Gasteiger partial charge in [-0.25, -0.2) is 0 Å². The summed E-state index contributed by atoms with van der Waals surface area (Å²) in [5, 5.41) is 18.8. The van der Waals surface area contributed by atoms with Gasteiger partial charge in [0.1, 0.15) is 11.9 Å². The van der Waals surface area contributed by atoms with Gasteiger partial charge in [-0.15, -0.1) is 21.5 Å². The average Bonchev–Trinajstić information content (AvgIpc) is 3.25. The van der Waals surface area contributed by atoms with E-state index in [2.05, 4.69) is 16.3 Å². The molecule has 0 fully saturated rings. The molecule has 0 bridgehead atoms. The predicted molar refractivity (Wildman–Crippen MR) is 90.3 cm³/mol. The molecule has 0 N–H and O–H groups in total. The van der Waals surface area contributed by atoms with Crippen molar-refractivity contribution in [3.05, 3.63) is 33.5 Å². The van der Waals surface area contributed by atoms with Gasteiger partial charge in [-0.05, 0) is 6.07 Å². The minimum absolute atomic E-state index is 0.295. The fourth-order valence-corrected chi connectivity index (χ4v) is 3.64. The van der Waals surface area contributed by atoms with E-state index in [1.54, 1.807) is 18.5 Å². The molecule has 0 aromatic carbocycles. The molecule has 1 aliphatic heterocycles.